The van der Waals surface area contributed by atoms with Crippen molar-refractivity contribution < 1.29 is 18.0 Å². The number of piperazine rings is 1. The number of carbonyl (C=O) groups excluding carboxylic acids is 1. The van der Waals surface area contributed by atoms with E-state index in [2.05, 4.69) is 32.3 Å². The van der Waals surface area contributed by atoms with E-state index in [1.807, 2.05) is 23.1 Å². The van der Waals surface area contributed by atoms with Crippen LogP contribution in [0.1, 0.15) is 6.42 Å². The molecule has 9 heteroatoms. The zero-order valence-corrected chi connectivity index (χ0v) is 13.9. The molecule has 6 nitrogen and oxygen atoms in total. The Bertz CT molecular complexity index is 728. The number of amides is 1. The van der Waals surface area contributed by atoms with E-state index in [1.54, 1.807) is 0 Å². The number of hydrogen-bond donors (Lipinski definition) is 1. The fraction of sp³-hybridized carbons (Fsp3) is 0.353. The standard InChI is InChI=1S/C17H18F3N5O/c18-17(19,20)10-15(26)23-13-11-21-16(22-12-13)25-8-6-24(7-9-25)14-4-2-1-3-5-14/h1-5,11-12H,6-10H2,(H,23,26). The number of hydrogen-bond acceptors (Lipinski definition) is 5. The third kappa shape index (κ3) is 4.84. The Balaban J connectivity index is 1.54. The molecule has 1 saturated heterocycles. The van der Waals surface area contributed by atoms with Gasteiger partial charge in [0.25, 0.3) is 0 Å². The van der Waals surface area contributed by atoms with Crippen molar-refractivity contribution in [3.8, 4) is 0 Å². The third-order valence-corrected chi connectivity index (χ3v) is 3.97. The molecule has 0 saturated carbocycles. The van der Waals surface area contributed by atoms with Crippen LogP contribution < -0.4 is 15.1 Å². The van der Waals surface area contributed by atoms with E-state index in [0.29, 0.717) is 5.95 Å². The topological polar surface area (TPSA) is 61.4 Å². The Hall–Kier alpha value is -2.84. The largest absolute Gasteiger partial charge is 0.397 e. The summed E-state index contributed by atoms with van der Waals surface area (Å²) in [6.07, 6.45) is -3.43. The molecule has 0 atom stereocenters. The van der Waals surface area contributed by atoms with Gasteiger partial charge in [-0.15, -0.1) is 0 Å². The lowest BCUT2D eigenvalue weighted by Crippen LogP contribution is -2.47. The van der Waals surface area contributed by atoms with Crippen molar-refractivity contribution in [2.75, 3.05) is 41.3 Å². The Kier molecular flexibility index (Phi) is 5.24. The molecule has 0 aliphatic carbocycles. The first-order valence-electron chi connectivity index (χ1n) is 8.14. The zero-order chi connectivity index (χ0) is 18.6. The molecule has 1 amide bonds. The maximum atomic E-state index is 12.2. The lowest BCUT2D eigenvalue weighted by atomic mass is 10.2. The summed E-state index contributed by atoms with van der Waals surface area (Å²) in [4.78, 5) is 23.8. The number of nitrogens with one attached hydrogen (secondary N) is 1. The predicted octanol–water partition coefficient (Wildman–Crippen LogP) is 2.69. The van der Waals surface area contributed by atoms with Crippen LogP contribution in [-0.4, -0.2) is 48.2 Å². The molecule has 1 aliphatic heterocycles. The molecule has 1 aromatic carbocycles. The number of anilines is 3. The minimum absolute atomic E-state index is 0.144. The molecule has 2 heterocycles. The summed E-state index contributed by atoms with van der Waals surface area (Å²) in [5, 5.41) is 2.15. The quantitative estimate of drug-likeness (QED) is 0.903. The number of aromatic nitrogens is 2. The van der Waals surface area contributed by atoms with Gasteiger partial charge in [0.2, 0.25) is 11.9 Å². The van der Waals surface area contributed by atoms with Crippen LogP contribution in [0.4, 0.5) is 30.5 Å². The van der Waals surface area contributed by atoms with Crippen molar-refractivity contribution >= 4 is 23.2 Å². The number of nitrogens with zero attached hydrogens (tertiary/aromatic N) is 4. The van der Waals surface area contributed by atoms with Crippen LogP contribution in [0.2, 0.25) is 0 Å². The average molecular weight is 365 g/mol. The van der Waals surface area contributed by atoms with Crippen LogP contribution >= 0.6 is 0 Å². The minimum Gasteiger partial charge on any atom is -0.368 e. The van der Waals surface area contributed by atoms with E-state index in [1.165, 1.54) is 12.4 Å². The molecule has 0 bridgehead atoms. The highest BCUT2D eigenvalue weighted by atomic mass is 19.4. The summed E-state index contributed by atoms with van der Waals surface area (Å²) in [6.45, 7) is 3.10. The maximum absolute atomic E-state index is 12.2. The van der Waals surface area contributed by atoms with Crippen LogP contribution in [0.5, 0.6) is 0 Å². The molecule has 3 rings (SSSR count). The SMILES string of the molecule is O=C(CC(F)(F)F)Nc1cnc(N2CCN(c3ccccc3)CC2)nc1. The van der Waals surface area contributed by atoms with Gasteiger partial charge in [-0.2, -0.15) is 13.2 Å². The normalized spacial score (nSPS) is 15.0. The van der Waals surface area contributed by atoms with Gasteiger partial charge in [-0.05, 0) is 12.1 Å². The Labute approximate surface area is 148 Å². The summed E-state index contributed by atoms with van der Waals surface area (Å²) >= 11 is 0. The van der Waals surface area contributed by atoms with Gasteiger partial charge in [-0.1, -0.05) is 18.2 Å². The summed E-state index contributed by atoms with van der Waals surface area (Å²) < 4.78 is 36.5. The van der Waals surface area contributed by atoms with Gasteiger partial charge >= 0.3 is 6.18 Å². The smallest absolute Gasteiger partial charge is 0.368 e. The van der Waals surface area contributed by atoms with Crippen LogP contribution in [0.25, 0.3) is 0 Å². The van der Waals surface area contributed by atoms with E-state index >= 15 is 0 Å². The molecule has 138 valence electrons. The van der Waals surface area contributed by atoms with Gasteiger partial charge in [0, 0.05) is 31.9 Å². The molecule has 1 aliphatic rings. The molecule has 1 fully saturated rings. The molecule has 0 radical (unpaired) electrons. The van der Waals surface area contributed by atoms with Crippen LogP contribution in [0, 0.1) is 0 Å². The van der Waals surface area contributed by atoms with Crippen molar-refractivity contribution in [3.63, 3.8) is 0 Å². The van der Waals surface area contributed by atoms with Crippen LogP contribution in [-0.2, 0) is 4.79 Å². The second kappa shape index (κ2) is 7.59. The highest BCUT2D eigenvalue weighted by Gasteiger charge is 2.31. The number of benzene rings is 1. The van der Waals surface area contributed by atoms with Gasteiger partial charge in [0.15, 0.2) is 0 Å². The van der Waals surface area contributed by atoms with Crippen molar-refractivity contribution in [3.05, 3.63) is 42.7 Å². The van der Waals surface area contributed by atoms with Crippen molar-refractivity contribution in [2.45, 2.75) is 12.6 Å². The number of carbonyl (C=O) groups is 1. The first-order chi connectivity index (χ1) is 12.4. The summed E-state index contributed by atoms with van der Waals surface area (Å²) in [7, 11) is 0. The molecule has 1 aromatic heterocycles. The van der Waals surface area contributed by atoms with E-state index in [4.69, 9.17) is 0 Å². The molecule has 2 aromatic rings. The zero-order valence-electron chi connectivity index (χ0n) is 13.9. The van der Waals surface area contributed by atoms with Crippen molar-refractivity contribution in [1.29, 1.82) is 0 Å². The van der Waals surface area contributed by atoms with Gasteiger partial charge < -0.3 is 15.1 Å². The van der Waals surface area contributed by atoms with Gasteiger partial charge in [0.05, 0.1) is 18.1 Å². The van der Waals surface area contributed by atoms with E-state index < -0.39 is 18.5 Å². The Morgan fingerprint density at radius 1 is 1.00 bits per heavy atom. The highest BCUT2D eigenvalue weighted by molar-refractivity contribution is 5.90. The number of rotatable bonds is 4. The van der Waals surface area contributed by atoms with Crippen LogP contribution in [0.15, 0.2) is 42.7 Å². The van der Waals surface area contributed by atoms with E-state index in [0.717, 1.165) is 31.9 Å². The van der Waals surface area contributed by atoms with Crippen molar-refractivity contribution in [2.24, 2.45) is 0 Å². The average Bonchev–Trinajstić information content (AvgIpc) is 2.62. The molecule has 26 heavy (non-hydrogen) atoms. The fourth-order valence-electron chi connectivity index (χ4n) is 2.74. The fourth-order valence-corrected chi connectivity index (χ4v) is 2.74. The molecule has 0 unspecified atom stereocenters. The highest BCUT2D eigenvalue weighted by Crippen LogP contribution is 2.21. The third-order valence-electron chi connectivity index (χ3n) is 3.97. The monoisotopic (exact) mass is 365 g/mol. The summed E-state index contributed by atoms with van der Waals surface area (Å²) in [5.74, 6) is -0.642. The first kappa shape index (κ1) is 18.0. The van der Waals surface area contributed by atoms with Gasteiger partial charge in [-0.3, -0.25) is 4.79 Å². The first-order valence-corrected chi connectivity index (χ1v) is 8.14. The number of halogens is 3. The van der Waals surface area contributed by atoms with Crippen LogP contribution in [0.3, 0.4) is 0 Å². The lowest BCUT2D eigenvalue weighted by molar-refractivity contribution is -0.150. The second-order valence-electron chi connectivity index (χ2n) is 5.92. The summed E-state index contributed by atoms with van der Waals surface area (Å²) in [6, 6.07) is 10.1. The molecule has 1 N–H and O–H groups in total. The predicted molar refractivity (Wildman–Crippen MR) is 92.2 cm³/mol. The summed E-state index contributed by atoms with van der Waals surface area (Å²) in [5.41, 5.74) is 1.31. The van der Waals surface area contributed by atoms with Gasteiger partial charge in [0.1, 0.15) is 6.42 Å². The lowest BCUT2D eigenvalue weighted by Gasteiger charge is -2.36. The maximum Gasteiger partial charge on any atom is 0.397 e. The molecule has 0 spiro atoms. The van der Waals surface area contributed by atoms with E-state index in [-0.39, 0.29) is 5.69 Å². The number of para-hydroxylation sites is 1. The molecular weight excluding hydrogens is 347 g/mol. The van der Waals surface area contributed by atoms with Gasteiger partial charge in [-0.25, -0.2) is 9.97 Å². The Morgan fingerprint density at radius 3 is 2.15 bits per heavy atom. The second-order valence-corrected chi connectivity index (χ2v) is 5.92. The number of alkyl halides is 3. The minimum atomic E-state index is -4.54. The van der Waals surface area contributed by atoms with E-state index in [9.17, 15) is 18.0 Å². The Morgan fingerprint density at radius 2 is 1.58 bits per heavy atom. The van der Waals surface area contributed by atoms with Crippen molar-refractivity contribution in [1.82, 2.24) is 9.97 Å². The molecular formula is C17H18F3N5O.